The van der Waals surface area contributed by atoms with E-state index in [1.807, 2.05) is 20.8 Å². The molecule has 1 amide bonds. The van der Waals surface area contributed by atoms with E-state index in [9.17, 15) is 4.79 Å². The molecule has 0 aliphatic heterocycles. The lowest BCUT2D eigenvalue weighted by atomic mass is 10.2. The third-order valence-electron chi connectivity index (χ3n) is 2.61. The normalized spacial score (nSPS) is 10.6. The molecule has 4 nitrogen and oxygen atoms in total. The molecule has 0 radical (unpaired) electrons. The molecular weight excluding hydrogens is 262 g/mol. The molecule has 1 rings (SSSR count). The summed E-state index contributed by atoms with van der Waals surface area (Å²) in [5, 5.41) is 0.291. The highest BCUT2D eigenvalue weighted by Gasteiger charge is 2.20. The third-order valence-corrected chi connectivity index (χ3v) is 2.89. The van der Waals surface area contributed by atoms with Crippen LogP contribution in [0.15, 0.2) is 18.9 Å². The van der Waals surface area contributed by atoms with Crippen LogP contribution in [0.5, 0.6) is 0 Å². The fourth-order valence-corrected chi connectivity index (χ4v) is 1.83. The van der Waals surface area contributed by atoms with Gasteiger partial charge in [0.2, 0.25) is 0 Å². The summed E-state index contributed by atoms with van der Waals surface area (Å²) in [7, 11) is 0. The molecule has 0 spiro atoms. The molecule has 0 aliphatic carbocycles. The summed E-state index contributed by atoms with van der Waals surface area (Å²) in [6, 6.07) is 0. The summed E-state index contributed by atoms with van der Waals surface area (Å²) in [6.07, 6.45) is 4.07. The van der Waals surface area contributed by atoms with Gasteiger partial charge in [-0.15, -0.1) is 6.58 Å². The van der Waals surface area contributed by atoms with Crippen molar-refractivity contribution < 1.29 is 4.79 Å². The molecule has 19 heavy (non-hydrogen) atoms. The molecule has 0 unspecified atom stereocenters. The van der Waals surface area contributed by atoms with E-state index < -0.39 is 0 Å². The number of rotatable bonds is 6. The minimum atomic E-state index is -0.170. The molecule has 0 aliphatic rings. The van der Waals surface area contributed by atoms with Gasteiger partial charge in [-0.1, -0.05) is 38.4 Å². The SMILES string of the molecule is C=CCN(CCC)C(=O)c1nc(C(C)C)ncc1Cl. The monoisotopic (exact) mass is 281 g/mol. The Balaban J connectivity index is 3.08. The maximum Gasteiger partial charge on any atom is 0.274 e. The number of nitrogens with zero attached hydrogens (tertiary/aromatic N) is 3. The number of aromatic nitrogens is 2. The molecule has 0 fully saturated rings. The molecule has 5 heteroatoms. The van der Waals surface area contributed by atoms with E-state index in [-0.39, 0.29) is 17.5 Å². The van der Waals surface area contributed by atoms with Crippen LogP contribution in [0.4, 0.5) is 0 Å². The van der Waals surface area contributed by atoms with Crippen LogP contribution in [0, 0.1) is 0 Å². The standard InChI is InChI=1S/C14H20ClN3O/c1-5-7-18(8-6-2)14(19)12-11(15)9-16-13(17-12)10(3)4/h5,9-10H,1,6-8H2,2-4H3. The van der Waals surface area contributed by atoms with Crippen LogP contribution < -0.4 is 0 Å². The van der Waals surface area contributed by atoms with Crippen molar-refractivity contribution in [2.24, 2.45) is 0 Å². The van der Waals surface area contributed by atoms with Crippen molar-refractivity contribution in [3.63, 3.8) is 0 Å². The van der Waals surface area contributed by atoms with Crippen LogP contribution in [0.2, 0.25) is 5.02 Å². The Morgan fingerprint density at radius 2 is 2.26 bits per heavy atom. The van der Waals surface area contributed by atoms with Crippen molar-refractivity contribution in [1.29, 1.82) is 0 Å². The summed E-state index contributed by atoms with van der Waals surface area (Å²) < 4.78 is 0. The first-order valence-corrected chi connectivity index (χ1v) is 6.81. The van der Waals surface area contributed by atoms with Gasteiger partial charge in [-0.05, 0) is 6.42 Å². The van der Waals surface area contributed by atoms with Gasteiger partial charge in [0.1, 0.15) is 5.82 Å². The molecule has 1 aromatic heterocycles. The Morgan fingerprint density at radius 1 is 1.58 bits per heavy atom. The Hall–Kier alpha value is -1.42. The molecule has 1 heterocycles. The Bertz CT molecular complexity index is 460. The van der Waals surface area contributed by atoms with Crippen molar-refractivity contribution in [2.75, 3.05) is 13.1 Å². The van der Waals surface area contributed by atoms with Crippen molar-refractivity contribution in [1.82, 2.24) is 14.9 Å². The molecule has 0 N–H and O–H groups in total. The second-order valence-corrected chi connectivity index (χ2v) is 5.03. The van der Waals surface area contributed by atoms with Crippen molar-refractivity contribution in [3.05, 3.63) is 35.4 Å². The van der Waals surface area contributed by atoms with Gasteiger partial charge in [0.15, 0.2) is 5.69 Å². The molecule has 104 valence electrons. The van der Waals surface area contributed by atoms with E-state index >= 15 is 0 Å². The van der Waals surface area contributed by atoms with Crippen LogP contribution in [-0.4, -0.2) is 33.9 Å². The maximum absolute atomic E-state index is 12.4. The van der Waals surface area contributed by atoms with Crippen LogP contribution in [0.25, 0.3) is 0 Å². The fourth-order valence-electron chi connectivity index (χ4n) is 1.66. The smallest absolute Gasteiger partial charge is 0.274 e. The highest BCUT2D eigenvalue weighted by molar-refractivity contribution is 6.33. The minimum absolute atomic E-state index is 0.155. The molecular formula is C14H20ClN3O. The van der Waals surface area contributed by atoms with Crippen LogP contribution >= 0.6 is 11.6 Å². The van der Waals surface area contributed by atoms with Crippen molar-refractivity contribution >= 4 is 17.5 Å². The van der Waals surface area contributed by atoms with E-state index in [2.05, 4.69) is 16.5 Å². The van der Waals surface area contributed by atoms with Gasteiger partial charge in [0.25, 0.3) is 5.91 Å². The lowest BCUT2D eigenvalue weighted by molar-refractivity contribution is 0.0767. The zero-order chi connectivity index (χ0) is 14.4. The average molecular weight is 282 g/mol. The largest absolute Gasteiger partial charge is 0.334 e. The van der Waals surface area contributed by atoms with E-state index in [4.69, 9.17) is 11.6 Å². The Labute approximate surface area is 119 Å². The highest BCUT2D eigenvalue weighted by Crippen LogP contribution is 2.18. The topological polar surface area (TPSA) is 46.1 Å². The molecule has 0 aromatic carbocycles. The van der Waals surface area contributed by atoms with Gasteiger partial charge in [0, 0.05) is 19.0 Å². The third kappa shape index (κ3) is 4.03. The van der Waals surface area contributed by atoms with Gasteiger partial charge in [-0.25, -0.2) is 9.97 Å². The number of carbonyl (C=O) groups excluding carboxylic acids is 1. The van der Waals surface area contributed by atoms with E-state index in [1.165, 1.54) is 6.20 Å². The molecule has 1 aromatic rings. The van der Waals surface area contributed by atoms with Gasteiger partial charge in [0.05, 0.1) is 11.2 Å². The number of halogens is 1. The summed E-state index contributed by atoms with van der Waals surface area (Å²) >= 11 is 6.04. The average Bonchev–Trinajstić information content (AvgIpc) is 2.38. The van der Waals surface area contributed by atoms with Gasteiger partial charge < -0.3 is 4.90 Å². The Kier molecular flexibility index (Phi) is 5.96. The molecule has 0 bridgehead atoms. The minimum Gasteiger partial charge on any atom is -0.334 e. The van der Waals surface area contributed by atoms with Crippen LogP contribution in [-0.2, 0) is 0 Å². The Morgan fingerprint density at radius 3 is 2.79 bits per heavy atom. The molecule has 0 saturated carbocycles. The number of hydrogen-bond acceptors (Lipinski definition) is 3. The molecule has 0 atom stereocenters. The predicted octanol–water partition coefficient (Wildman–Crippen LogP) is 3.29. The first kappa shape index (κ1) is 15.6. The number of amides is 1. The zero-order valence-electron chi connectivity index (χ0n) is 11.7. The van der Waals surface area contributed by atoms with E-state index in [1.54, 1.807) is 11.0 Å². The molecule has 0 saturated heterocycles. The first-order chi connectivity index (χ1) is 9.01. The maximum atomic E-state index is 12.4. The predicted molar refractivity (Wildman–Crippen MR) is 77.5 cm³/mol. The summed E-state index contributed by atoms with van der Waals surface area (Å²) in [6.45, 7) is 10.8. The van der Waals surface area contributed by atoms with Gasteiger partial charge >= 0.3 is 0 Å². The van der Waals surface area contributed by atoms with Gasteiger partial charge in [-0.2, -0.15) is 0 Å². The fraction of sp³-hybridized carbons (Fsp3) is 0.500. The van der Waals surface area contributed by atoms with E-state index in [0.717, 1.165) is 6.42 Å². The highest BCUT2D eigenvalue weighted by atomic mass is 35.5. The zero-order valence-corrected chi connectivity index (χ0v) is 12.4. The van der Waals surface area contributed by atoms with Crippen molar-refractivity contribution in [3.8, 4) is 0 Å². The second-order valence-electron chi connectivity index (χ2n) is 4.62. The van der Waals surface area contributed by atoms with Crippen molar-refractivity contribution in [2.45, 2.75) is 33.1 Å². The van der Waals surface area contributed by atoms with Crippen LogP contribution in [0.3, 0.4) is 0 Å². The quantitative estimate of drug-likeness (QED) is 0.752. The lowest BCUT2D eigenvalue weighted by Gasteiger charge is -2.20. The van der Waals surface area contributed by atoms with E-state index in [0.29, 0.717) is 23.9 Å². The number of carbonyl (C=O) groups is 1. The van der Waals surface area contributed by atoms with Gasteiger partial charge in [-0.3, -0.25) is 4.79 Å². The summed E-state index contributed by atoms with van der Waals surface area (Å²) in [5.41, 5.74) is 0.274. The first-order valence-electron chi connectivity index (χ1n) is 6.43. The second kappa shape index (κ2) is 7.24. The summed E-state index contributed by atoms with van der Waals surface area (Å²) in [5.74, 6) is 0.613. The lowest BCUT2D eigenvalue weighted by Crippen LogP contribution is -2.33. The van der Waals surface area contributed by atoms with Crippen LogP contribution in [0.1, 0.15) is 49.4 Å². The summed E-state index contributed by atoms with van der Waals surface area (Å²) in [4.78, 5) is 22.5. The number of hydrogen-bond donors (Lipinski definition) is 0.